The van der Waals surface area contributed by atoms with Gasteiger partial charge in [0.25, 0.3) is 0 Å². The molecule has 1 N–H and O–H groups in total. The highest BCUT2D eigenvalue weighted by molar-refractivity contribution is 5.03. The summed E-state index contributed by atoms with van der Waals surface area (Å²) in [7, 11) is 0. The number of hydrogen-bond donors (Lipinski definition) is 1. The van der Waals surface area contributed by atoms with Crippen LogP contribution in [0.5, 0.6) is 0 Å². The van der Waals surface area contributed by atoms with Crippen LogP contribution in [0.1, 0.15) is 44.6 Å². The van der Waals surface area contributed by atoms with E-state index in [9.17, 15) is 0 Å². The minimum absolute atomic E-state index is 0.376. The summed E-state index contributed by atoms with van der Waals surface area (Å²) in [6.07, 6.45) is 6.65. The van der Waals surface area contributed by atoms with Gasteiger partial charge in [0, 0.05) is 18.4 Å². The van der Waals surface area contributed by atoms with Crippen LogP contribution < -0.4 is 5.32 Å². The van der Waals surface area contributed by atoms with Crippen LogP contribution >= 0.6 is 0 Å². The predicted molar refractivity (Wildman–Crippen MR) is 52.6 cm³/mol. The van der Waals surface area contributed by atoms with Gasteiger partial charge in [-0.05, 0) is 26.3 Å². The summed E-state index contributed by atoms with van der Waals surface area (Å²) in [5.41, 5.74) is 0. The average Bonchev–Trinajstić information content (AvgIpc) is 2.84. The molecule has 72 valence electrons. The van der Waals surface area contributed by atoms with E-state index in [4.69, 9.17) is 0 Å². The van der Waals surface area contributed by atoms with E-state index >= 15 is 0 Å². The molecule has 0 amide bonds. The summed E-state index contributed by atoms with van der Waals surface area (Å²) in [5.74, 6) is 1.18. The third kappa shape index (κ3) is 1.75. The van der Waals surface area contributed by atoms with Crippen molar-refractivity contribution < 1.29 is 0 Å². The number of hydrogen-bond acceptors (Lipinski definition) is 2. The minimum Gasteiger partial charge on any atom is -0.331 e. The van der Waals surface area contributed by atoms with Crippen molar-refractivity contribution in [2.24, 2.45) is 0 Å². The highest BCUT2D eigenvalue weighted by atomic mass is 15.1. The van der Waals surface area contributed by atoms with Gasteiger partial charge >= 0.3 is 0 Å². The summed E-state index contributed by atoms with van der Waals surface area (Å²) < 4.78 is 2.31. The fraction of sp³-hybridized carbons (Fsp3) is 0.700. The summed E-state index contributed by atoms with van der Waals surface area (Å²) in [5, 5.41) is 3.39. The van der Waals surface area contributed by atoms with Gasteiger partial charge in [-0.1, -0.05) is 6.92 Å². The first-order valence-electron chi connectivity index (χ1n) is 5.09. The summed E-state index contributed by atoms with van der Waals surface area (Å²) >= 11 is 0. The fourth-order valence-corrected chi connectivity index (χ4v) is 1.72. The molecule has 0 saturated heterocycles. The third-order valence-corrected chi connectivity index (χ3v) is 2.54. The molecule has 0 spiro atoms. The number of nitrogens with one attached hydrogen (secondary N) is 1. The van der Waals surface area contributed by atoms with Gasteiger partial charge in [0.1, 0.15) is 5.82 Å². The van der Waals surface area contributed by atoms with E-state index in [1.807, 2.05) is 6.20 Å². The number of imidazole rings is 1. The van der Waals surface area contributed by atoms with Gasteiger partial charge < -0.3 is 9.88 Å². The zero-order valence-electron chi connectivity index (χ0n) is 8.33. The Morgan fingerprint density at radius 3 is 3.08 bits per heavy atom. The molecular formula is C10H17N3. The highest BCUT2D eigenvalue weighted by Gasteiger charge is 2.26. The molecule has 1 unspecified atom stereocenters. The van der Waals surface area contributed by atoms with Crippen LogP contribution in [0.3, 0.4) is 0 Å². The Morgan fingerprint density at radius 2 is 2.46 bits per heavy atom. The van der Waals surface area contributed by atoms with Crippen LogP contribution in [-0.4, -0.2) is 16.1 Å². The van der Waals surface area contributed by atoms with Gasteiger partial charge in [-0.2, -0.15) is 0 Å². The molecule has 1 fully saturated rings. The normalized spacial score (nSPS) is 18.9. The Balaban J connectivity index is 2.13. The Morgan fingerprint density at radius 1 is 1.69 bits per heavy atom. The lowest BCUT2D eigenvalue weighted by Gasteiger charge is -2.13. The molecule has 1 atom stereocenters. The Labute approximate surface area is 79.2 Å². The number of nitrogens with zero attached hydrogens (tertiary/aromatic N) is 2. The van der Waals surface area contributed by atoms with E-state index in [0.717, 1.165) is 12.6 Å². The lowest BCUT2D eigenvalue weighted by Crippen LogP contribution is -2.21. The molecule has 1 saturated carbocycles. The number of rotatable bonds is 4. The summed E-state index contributed by atoms with van der Waals surface area (Å²) in [4.78, 5) is 4.40. The third-order valence-electron chi connectivity index (χ3n) is 2.54. The largest absolute Gasteiger partial charge is 0.331 e. The molecule has 0 bridgehead atoms. The van der Waals surface area contributed by atoms with E-state index in [0.29, 0.717) is 6.04 Å². The zero-order valence-corrected chi connectivity index (χ0v) is 8.33. The van der Waals surface area contributed by atoms with Crippen LogP contribution in [0, 0.1) is 0 Å². The Kier molecular flexibility index (Phi) is 2.36. The molecule has 1 aliphatic carbocycles. The van der Waals surface area contributed by atoms with Crippen molar-refractivity contribution in [3.8, 4) is 0 Å². The summed E-state index contributed by atoms with van der Waals surface area (Å²) in [6.45, 7) is 5.30. The zero-order chi connectivity index (χ0) is 9.26. The van der Waals surface area contributed by atoms with Gasteiger partial charge in [0.15, 0.2) is 0 Å². The van der Waals surface area contributed by atoms with Gasteiger partial charge in [0.2, 0.25) is 0 Å². The second kappa shape index (κ2) is 3.50. The van der Waals surface area contributed by atoms with Gasteiger partial charge in [-0.3, -0.25) is 0 Å². The van der Waals surface area contributed by atoms with Crippen molar-refractivity contribution in [3.05, 3.63) is 18.2 Å². The predicted octanol–water partition coefficient (Wildman–Crippen LogP) is 1.89. The molecule has 0 aromatic carbocycles. The van der Waals surface area contributed by atoms with Crippen molar-refractivity contribution >= 4 is 0 Å². The lowest BCUT2D eigenvalue weighted by molar-refractivity contribution is 0.529. The molecule has 0 aliphatic heterocycles. The maximum absolute atomic E-state index is 4.40. The SMILES string of the molecule is CCNC(C)c1nccn1C1CC1. The van der Waals surface area contributed by atoms with Crippen LogP contribution in [0.4, 0.5) is 0 Å². The Hall–Kier alpha value is -0.830. The molecule has 1 aromatic heterocycles. The fourth-order valence-electron chi connectivity index (χ4n) is 1.72. The van der Waals surface area contributed by atoms with Crippen molar-refractivity contribution in [2.45, 2.75) is 38.8 Å². The first-order valence-corrected chi connectivity index (χ1v) is 5.09. The van der Waals surface area contributed by atoms with E-state index in [1.54, 1.807) is 0 Å². The monoisotopic (exact) mass is 179 g/mol. The van der Waals surface area contributed by atoms with Crippen LogP contribution in [0.25, 0.3) is 0 Å². The standard InChI is InChI=1S/C10H17N3/c1-3-11-8(2)10-12-6-7-13(10)9-4-5-9/h6-9,11H,3-5H2,1-2H3. The van der Waals surface area contributed by atoms with Gasteiger partial charge in [-0.15, -0.1) is 0 Å². The molecule has 1 aliphatic rings. The molecule has 3 heteroatoms. The van der Waals surface area contributed by atoms with Crippen molar-refractivity contribution in [1.82, 2.24) is 14.9 Å². The first-order chi connectivity index (χ1) is 6.33. The topological polar surface area (TPSA) is 29.9 Å². The van der Waals surface area contributed by atoms with Crippen molar-refractivity contribution in [2.75, 3.05) is 6.54 Å². The van der Waals surface area contributed by atoms with E-state index in [2.05, 4.69) is 34.9 Å². The number of aromatic nitrogens is 2. The summed E-state index contributed by atoms with van der Waals surface area (Å²) in [6, 6.07) is 1.11. The molecule has 2 rings (SSSR count). The minimum atomic E-state index is 0.376. The van der Waals surface area contributed by atoms with E-state index in [-0.39, 0.29) is 0 Å². The van der Waals surface area contributed by atoms with Gasteiger partial charge in [0.05, 0.1) is 6.04 Å². The molecule has 0 radical (unpaired) electrons. The molecule has 13 heavy (non-hydrogen) atoms. The second-order valence-electron chi connectivity index (χ2n) is 3.70. The molecule has 1 aromatic rings. The van der Waals surface area contributed by atoms with Crippen LogP contribution in [-0.2, 0) is 0 Å². The first kappa shape index (κ1) is 8.75. The lowest BCUT2D eigenvalue weighted by atomic mass is 10.3. The van der Waals surface area contributed by atoms with E-state index < -0.39 is 0 Å². The second-order valence-corrected chi connectivity index (χ2v) is 3.70. The van der Waals surface area contributed by atoms with Crippen molar-refractivity contribution in [3.63, 3.8) is 0 Å². The molecule has 3 nitrogen and oxygen atoms in total. The Bertz CT molecular complexity index is 275. The highest BCUT2D eigenvalue weighted by Crippen LogP contribution is 2.36. The maximum Gasteiger partial charge on any atom is 0.125 e. The van der Waals surface area contributed by atoms with E-state index in [1.165, 1.54) is 18.7 Å². The maximum atomic E-state index is 4.40. The van der Waals surface area contributed by atoms with Crippen molar-refractivity contribution in [1.29, 1.82) is 0 Å². The van der Waals surface area contributed by atoms with Gasteiger partial charge in [-0.25, -0.2) is 4.98 Å². The van der Waals surface area contributed by atoms with Crippen LogP contribution in [0.15, 0.2) is 12.4 Å². The average molecular weight is 179 g/mol. The quantitative estimate of drug-likeness (QED) is 0.765. The smallest absolute Gasteiger partial charge is 0.125 e. The molecular weight excluding hydrogens is 162 g/mol. The molecule has 1 heterocycles. The van der Waals surface area contributed by atoms with Crippen LogP contribution in [0.2, 0.25) is 0 Å².